The quantitative estimate of drug-likeness (QED) is 0.670. The van der Waals surface area contributed by atoms with Gasteiger partial charge in [0.2, 0.25) is 0 Å². The number of rotatable bonds is 1. The van der Waals surface area contributed by atoms with Gasteiger partial charge in [-0.1, -0.05) is 23.7 Å². The molecule has 1 nitrogen and oxygen atoms in total. The highest BCUT2D eigenvalue weighted by molar-refractivity contribution is 6.30. The van der Waals surface area contributed by atoms with E-state index in [2.05, 4.69) is 11.1 Å². The first-order valence-electron chi connectivity index (χ1n) is 3.93. The predicted molar refractivity (Wildman–Crippen MR) is 53.5 cm³/mol. The molecule has 1 radical (unpaired) electrons. The van der Waals surface area contributed by atoms with E-state index in [1.165, 1.54) is 0 Å². The average molecular weight is 189 g/mol. The van der Waals surface area contributed by atoms with Gasteiger partial charge >= 0.3 is 0 Å². The Kier molecular flexibility index (Phi) is 2.28. The zero-order chi connectivity index (χ0) is 9.10. The van der Waals surface area contributed by atoms with Crippen molar-refractivity contribution >= 4 is 11.6 Å². The van der Waals surface area contributed by atoms with Crippen molar-refractivity contribution in [1.82, 2.24) is 4.98 Å². The van der Waals surface area contributed by atoms with Crippen molar-refractivity contribution in [3.8, 4) is 11.1 Å². The molecule has 2 heteroatoms. The number of nitrogens with zero attached hydrogens (tertiary/aromatic N) is 1. The minimum Gasteiger partial charge on any atom is -0.263 e. The van der Waals surface area contributed by atoms with E-state index in [4.69, 9.17) is 11.6 Å². The summed E-state index contributed by atoms with van der Waals surface area (Å²) in [4.78, 5) is 3.99. The van der Waals surface area contributed by atoms with Gasteiger partial charge in [-0.3, -0.25) is 4.98 Å². The van der Waals surface area contributed by atoms with Crippen LogP contribution in [0.5, 0.6) is 0 Å². The molecule has 63 valence electrons. The van der Waals surface area contributed by atoms with E-state index in [0.29, 0.717) is 0 Å². The molecule has 2 aromatic rings. The van der Waals surface area contributed by atoms with Crippen LogP contribution in [0.4, 0.5) is 0 Å². The molecule has 0 atom stereocenters. The lowest BCUT2D eigenvalue weighted by atomic mass is 10.1. The highest BCUT2D eigenvalue weighted by Gasteiger charge is 1.96. The van der Waals surface area contributed by atoms with E-state index in [1.807, 2.05) is 30.3 Å². The maximum atomic E-state index is 5.86. The molecule has 0 aliphatic heterocycles. The SMILES string of the molecule is Clc1cccc(-c2c[c]cnc2)c1. The Bertz CT molecular complexity index is 398. The summed E-state index contributed by atoms with van der Waals surface area (Å²) in [7, 11) is 0. The average Bonchev–Trinajstić information content (AvgIpc) is 2.19. The number of halogens is 1. The first-order chi connectivity index (χ1) is 6.36. The van der Waals surface area contributed by atoms with Crippen molar-refractivity contribution in [3.05, 3.63) is 53.8 Å². The Morgan fingerprint density at radius 1 is 1.23 bits per heavy atom. The van der Waals surface area contributed by atoms with Gasteiger partial charge < -0.3 is 0 Å². The van der Waals surface area contributed by atoms with Crippen LogP contribution in [-0.2, 0) is 0 Å². The van der Waals surface area contributed by atoms with Crippen LogP contribution in [0.15, 0.2) is 42.7 Å². The van der Waals surface area contributed by atoms with Gasteiger partial charge in [-0.15, -0.1) is 0 Å². The summed E-state index contributed by atoms with van der Waals surface area (Å²) in [6.07, 6.45) is 3.43. The van der Waals surface area contributed by atoms with E-state index < -0.39 is 0 Å². The molecule has 0 fully saturated rings. The van der Waals surface area contributed by atoms with E-state index in [0.717, 1.165) is 16.1 Å². The van der Waals surface area contributed by atoms with E-state index in [9.17, 15) is 0 Å². The fraction of sp³-hybridized carbons (Fsp3) is 0. The molecule has 1 aromatic heterocycles. The zero-order valence-electron chi connectivity index (χ0n) is 6.87. The Balaban J connectivity index is 2.48. The van der Waals surface area contributed by atoms with Crippen LogP contribution in [0.3, 0.4) is 0 Å². The van der Waals surface area contributed by atoms with Crippen LogP contribution >= 0.6 is 11.6 Å². The molecule has 2 rings (SSSR count). The Morgan fingerprint density at radius 2 is 2.15 bits per heavy atom. The van der Waals surface area contributed by atoms with E-state index >= 15 is 0 Å². The van der Waals surface area contributed by atoms with Gasteiger partial charge in [0.15, 0.2) is 0 Å². The highest BCUT2D eigenvalue weighted by atomic mass is 35.5. The van der Waals surface area contributed by atoms with Crippen LogP contribution in [-0.4, -0.2) is 4.98 Å². The number of hydrogen-bond donors (Lipinski definition) is 0. The molecule has 1 heterocycles. The molecule has 0 N–H and O–H groups in total. The molecule has 0 saturated carbocycles. The van der Waals surface area contributed by atoms with Gasteiger partial charge in [0, 0.05) is 29.0 Å². The lowest BCUT2D eigenvalue weighted by Crippen LogP contribution is -1.78. The fourth-order valence-electron chi connectivity index (χ4n) is 1.15. The summed E-state index contributed by atoms with van der Waals surface area (Å²) in [6, 6.07) is 12.5. The highest BCUT2D eigenvalue weighted by Crippen LogP contribution is 2.20. The van der Waals surface area contributed by atoms with Crippen molar-refractivity contribution in [2.75, 3.05) is 0 Å². The number of benzene rings is 1. The lowest BCUT2D eigenvalue weighted by Gasteiger charge is -1.99. The number of hydrogen-bond acceptors (Lipinski definition) is 1. The molecule has 0 aliphatic carbocycles. The largest absolute Gasteiger partial charge is 0.263 e. The molecule has 0 unspecified atom stereocenters. The summed E-state index contributed by atoms with van der Waals surface area (Å²) in [5.74, 6) is 0. The topological polar surface area (TPSA) is 12.9 Å². The Hall–Kier alpha value is -1.34. The second kappa shape index (κ2) is 3.58. The smallest absolute Gasteiger partial charge is 0.0412 e. The molecular formula is C11H7ClN. The van der Waals surface area contributed by atoms with Crippen molar-refractivity contribution in [2.45, 2.75) is 0 Å². The van der Waals surface area contributed by atoms with Crippen molar-refractivity contribution in [3.63, 3.8) is 0 Å². The predicted octanol–water partition coefficient (Wildman–Crippen LogP) is 3.20. The third-order valence-electron chi connectivity index (χ3n) is 1.76. The van der Waals surface area contributed by atoms with Crippen LogP contribution in [0.25, 0.3) is 11.1 Å². The minimum atomic E-state index is 0.737. The van der Waals surface area contributed by atoms with Crippen LogP contribution in [0, 0.1) is 6.07 Å². The van der Waals surface area contributed by atoms with Crippen molar-refractivity contribution in [2.24, 2.45) is 0 Å². The molecule has 0 amide bonds. The normalized spacial score (nSPS) is 9.92. The van der Waals surface area contributed by atoms with Gasteiger partial charge in [0.05, 0.1) is 0 Å². The summed E-state index contributed by atoms with van der Waals surface area (Å²) in [5.41, 5.74) is 2.10. The third-order valence-corrected chi connectivity index (χ3v) is 1.99. The Labute approximate surface area is 82.0 Å². The summed E-state index contributed by atoms with van der Waals surface area (Å²) >= 11 is 5.86. The molecule has 0 spiro atoms. The van der Waals surface area contributed by atoms with Gasteiger partial charge in [0.25, 0.3) is 0 Å². The second-order valence-electron chi connectivity index (χ2n) is 2.68. The standard InChI is InChI=1S/C11H7ClN/c12-11-5-1-3-9(7-11)10-4-2-6-13-8-10/h1,3-8H. The van der Waals surface area contributed by atoms with Gasteiger partial charge in [-0.2, -0.15) is 0 Å². The molecule has 0 saturated heterocycles. The minimum absolute atomic E-state index is 0.737. The summed E-state index contributed by atoms with van der Waals surface area (Å²) in [6.45, 7) is 0. The van der Waals surface area contributed by atoms with Gasteiger partial charge in [-0.05, 0) is 23.8 Å². The molecule has 0 aliphatic rings. The lowest BCUT2D eigenvalue weighted by molar-refractivity contribution is 1.32. The van der Waals surface area contributed by atoms with Crippen molar-refractivity contribution in [1.29, 1.82) is 0 Å². The van der Waals surface area contributed by atoms with Crippen molar-refractivity contribution < 1.29 is 0 Å². The second-order valence-corrected chi connectivity index (χ2v) is 3.12. The molecule has 0 bridgehead atoms. The first kappa shape index (κ1) is 8.27. The Morgan fingerprint density at radius 3 is 2.85 bits per heavy atom. The van der Waals surface area contributed by atoms with Gasteiger partial charge in [-0.25, -0.2) is 0 Å². The number of aromatic nitrogens is 1. The van der Waals surface area contributed by atoms with Gasteiger partial charge in [0.1, 0.15) is 0 Å². The third kappa shape index (κ3) is 1.87. The van der Waals surface area contributed by atoms with E-state index in [-0.39, 0.29) is 0 Å². The van der Waals surface area contributed by atoms with E-state index in [1.54, 1.807) is 12.4 Å². The summed E-state index contributed by atoms with van der Waals surface area (Å²) in [5, 5.41) is 0.737. The fourth-order valence-corrected chi connectivity index (χ4v) is 1.34. The van der Waals surface area contributed by atoms with Crippen LogP contribution in [0.1, 0.15) is 0 Å². The maximum Gasteiger partial charge on any atom is 0.0412 e. The molecule has 13 heavy (non-hydrogen) atoms. The number of pyridine rings is 1. The zero-order valence-corrected chi connectivity index (χ0v) is 7.62. The molecule has 1 aromatic carbocycles. The molecular weight excluding hydrogens is 182 g/mol. The first-order valence-corrected chi connectivity index (χ1v) is 4.31. The maximum absolute atomic E-state index is 5.86. The summed E-state index contributed by atoms with van der Waals surface area (Å²) < 4.78 is 0. The van der Waals surface area contributed by atoms with Crippen LogP contribution in [0.2, 0.25) is 5.02 Å². The van der Waals surface area contributed by atoms with Crippen LogP contribution < -0.4 is 0 Å². The monoisotopic (exact) mass is 188 g/mol.